The first-order valence-electron chi connectivity index (χ1n) is 10.3. The zero-order valence-electron chi connectivity index (χ0n) is 17.5. The van der Waals surface area contributed by atoms with Gasteiger partial charge in [0.1, 0.15) is 5.75 Å². The highest BCUT2D eigenvalue weighted by Gasteiger charge is 2.18. The molecular weight excluding hydrogens is 402 g/mol. The van der Waals surface area contributed by atoms with Crippen LogP contribution in [-0.2, 0) is 22.4 Å². The van der Waals surface area contributed by atoms with E-state index in [2.05, 4.69) is 40.7 Å². The summed E-state index contributed by atoms with van der Waals surface area (Å²) in [6.07, 6.45) is 4.05. The van der Waals surface area contributed by atoms with Crippen LogP contribution in [0.3, 0.4) is 0 Å². The molecule has 1 aliphatic heterocycles. The van der Waals surface area contributed by atoms with Crippen LogP contribution >= 0.6 is 11.6 Å². The highest BCUT2D eigenvalue weighted by Crippen LogP contribution is 2.29. The molecule has 2 aromatic rings. The van der Waals surface area contributed by atoms with Crippen molar-refractivity contribution in [2.24, 2.45) is 0 Å². The third-order valence-corrected chi connectivity index (χ3v) is 5.40. The van der Waals surface area contributed by atoms with E-state index in [-0.39, 0.29) is 0 Å². The molecule has 0 radical (unpaired) electrons. The minimum atomic E-state index is -0.754. The SMILES string of the molecule is CCCN1CCCc2cc(CCNC(=O)C(=O)Nc3cc(Cl)ccc3OC)ccc21. The van der Waals surface area contributed by atoms with Gasteiger partial charge < -0.3 is 20.3 Å². The summed E-state index contributed by atoms with van der Waals surface area (Å²) >= 11 is 5.95. The third-order valence-electron chi connectivity index (χ3n) is 5.17. The smallest absolute Gasteiger partial charge is 0.313 e. The van der Waals surface area contributed by atoms with Crippen LogP contribution < -0.4 is 20.3 Å². The maximum absolute atomic E-state index is 12.2. The maximum Gasteiger partial charge on any atom is 0.313 e. The monoisotopic (exact) mass is 429 g/mol. The summed E-state index contributed by atoms with van der Waals surface area (Å²) in [5, 5.41) is 5.66. The molecule has 2 N–H and O–H groups in total. The summed E-state index contributed by atoms with van der Waals surface area (Å²) in [7, 11) is 1.49. The van der Waals surface area contributed by atoms with Crippen LogP contribution in [0, 0.1) is 0 Å². The highest BCUT2D eigenvalue weighted by molar-refractivity contribution is 6.40. The molecule has 3 rings (SSSR count). The van der Waals surface area contributed by atoms with Gasteiger partial charge in [0.15, 0.2) is 0 Å². The number of anilines is 2. The van der Waals surface area contributed by atoms with Gasteiger partial charge in [-0.2, -0.15) is 0 Å². The number of benzene rings is 2. The summed E-state index contributed by atoms with van der Waals surface area (Å²) in [6, 6.07) is 11.3. The number of halogens is 1. The number of fused-ring (bicyclic) bond motifs is 1. The van der Waals surface area contributed by atoms with Crippen molar-refractivity contribution in [2.45, 2.75) is 32.6 Å². The zero-order valence-corrected chi connectivity index (χ0v) is 18.2. The van der Waals surface area contributed by atoms with Gasteiger partial charge in [-0.25, -0.2) is 0 Å². The molecule has 0 bridgehead atoms. The van der Waals surface area contributed by atoms with Gasteiger partial charge in [-0.05, 0) is 61.1 Å². The van der Waals surface area contributed by atoms with Gasteiger partial charge in [-0.3, -0.25) is 9.59 Å². The van der Waals surface area contributed by atoms with Crippen molar-refractivity contribution in [3.05, 3.63) is 52.5 Å². The third kappa shape index (κ3) is 5.45. The number of amides is 2. The van der Waals surface area contributed by atoms with E-state index >= 15 is 0 Å². The van der Waals surface area contributed by atoms with Crippen molar-refractivity contribution >= 4 is 34.8 Å². The molecule has 0 spiro atoms. The van der Waals surface area contributed by atoms with Gasteiger partial charge in [0, 0.05) is 30.3 Å². The second kappa shape index (κ2) is 10.3. The Morgan fingerprint density at radius 3 is 2.77 bits per heavy atom. The van der Waals surface area contributed by atoms with Gasteiger partial charge in [0.25, 0.3) is 0 Å². The number of nitrogens with one attached hydrogen (secondary N) is 2. The van der Waals surface area contributed by atoms with Crippen LogP contribution in [0.4, 0.5) is 11.4 Å². The number of rotatable bonds is 7. The number of hydrogen-bond acceptors (Lipinski definition) is 4. The first-order valence-corrected chi connectivity index (χ1v) is 10.7. The van der Waals surface area contributed by atoms with E-state index in [1.54, 1.807) is 18.2 Å². The van der Waals surface area contributed by atoms with Crippen molar-refractivity contribution in [1.29, 1.82) is 0 Å². The Hall–Kier alpha value is -2.73. The number of nitrogens with zero attached hydrogens (tertiary/aromatic N) is 1. The average molecular weight is 430 g/mol. The molecule has 7 heteroatoms. The Balaban J connectivity index is 1.53. The van der Waals surface area contributed by atoms with E-state index in [0.29, 0.717) is 29.4 Å². The average Bonchev–Trinajstić information content (AvgIpc) is 2.74. The molecule has 160 valence electrons. The van der Waals surface area contributed by atoms with Gasteiger partial charge in [0.2, 0.25) is 0 Å². The topological polar surface area (TPSA) is 70.7 Å². The van der Waals surface area contributed by atoms with Crippen molar-refractivity contribution in [3.63, 3.8) is 0 Å². The summed E-state index contributed by atoms with van der Waals surface area (Å²) in [5.74, 6) is -1.01. The molecule has 0 saturated heterocycles. The number of carbonyl (C=O) groups excluding carboxylic acids is 2. The van der Waals surface area contributed by atoms with Crippen molar-refractivity contribution in [3.8, 4) is 5.75 Å². The molecular formula is C23H28ClN3O3. The van der Waals surface area contributed by atoms with Crippen LogP contribution in [0.15, 0.2) is 36.4 Å². The standard InChI is InChI=1S/C23H28ClN3O3/c1-3-12-27-13-4-5-17-14-16(6-8-20(17)27)10-11-25-22(28)23(29)26-19-15-18(24)7-9-21(19)30-2/h6-9,14-15H,3-5,10-13H2,1-2H3,(H,25,28)(H,26,29). The lowest BCUT2D eigenvalue weighted by Gasteiger charge is -2.31. The van der Waals surface area contributed by atoms with Crippen molar-refractivity contribution in [2.75, 3.05) is 37.0 Å². The summed E-state index contributed by atoms with van der Waals surface area (Å²) < 4.78 is 5.18. The Labute approximate surface area is 182 Å². The van der Waals surface area contributed by atoms with Crippen LogP contribution in [0.1, 0.15) is 30.9 Å². The minimum Gasteiger partial charge on any atom is -0.495 e. The van der Waals surface area contributed by atoms with Gasteiger partial charge in [-0.1, -0.05) is 30.7 Å². The lowest BCUT2D eigenvalue weighted by molar-refractivity contribution is -0.136. The van der Waals surface area contributed by atoms with E-state index in [0.717, 1.165) is 31.5 Å². The molecule has 2 amide bonds. The quantitative estimate of drug-likeness (QED) is 0.656. The van der Waals surface area contributed by atoms with Gasteiger partial charge >= 0.3 is 11.8 Å². The molecule has 0 fully saturated rings. The van der Waals surface area contributed by atoms with E-state index in [4.69, 9.17) is 16.3 Å². The molecule has 0 aliphatic carbocycles. The van der Waals surface area contributed by atoms with E-state index in [9.17, 15) is 9.59 Å². The molecule has 2 aromatic carbocycles. The number of methoxy groups -OCH3 is 1. The lowest BCUT2D eigenvalue weighted by Crippen LogP contribution is -2.36. The molecule has 1 heterocycles. The molecule has 0 atom stereocenters. The van der Waals surface area contributed by atoms with Gasteiger partial charge in [0.05, 0.1) is 12.8 Å². The number of carbonyl (C=O) groups is 2. The Morgan fingerprint density at radius 2 is 2.00 bits per heavy atom. The number of aryl methyl sites for hydroxylation is 1. The molecule has 1 aliphatic rings. The van der Waals surface area contributed by atoms with Crippen LogP contribution in [0.25, 0.3) is 0 Å². The fraction of sp³-hybridized carbons (Fsp3) is 0.391. The van der Waals surface area contributed by atoms with E-state index < -0.39 is 11.8 Å². The second-order valence-corrected chi connectivity index (χ2v) is 7.79. The highest BCUT2D eigenvalue weighted by atomic mass is 35.5. The van der Waals surface area contributed by atoms with Crippen molar-refractivity contribution in [1.82, 2.24) is 5.32 Å². The fourth-order valence-electron chi connectivity index (χ4n) is 3.74. The number of hydrogen-bond donors (Lipinski definition) is 2. The molecule has 30 heavy (non-hydrogen) atoms. The summed E-state index contributed by atoms with van der Waals surface area (Å²) in [4.78, 5) is 26.8. The Bertz CT molecular complexity index is 917. The van der Waals surface area contributed by atoms with E-state index in [1.165, 1.54) is 24.8 Å². The first kappa shape index (κ1) is 22.0. The molecule has 0 aromatic heterocycles. The zero-order chi connectivity index (χ0) is 21.5. The molecule has 0 unspecified atom stereocenters. The maximum atomic E-state index is 12.2. The Kier molecular flexibility index (Phi) is 7.57. The first-order chi connectivity index (χ1) is 14.5. The minimum absolute atomic E-state index is 0.358. The van der Waals surface area contributed by atoms with E-state index in [1.807, 2.05) is 0 Å². The summed E-state index contributed by atoms with van der Waals surface area (Å²) in [6.45, 7) is 4.78. The molecule has 6 nitrogen and oxygen atoms in total. The number of ether oxygens (including phenoxy) is 1. The predicted molar refractivity (Wildman–Crippen MR) is 121 cm³/mol. The lowest BCUT2D eigenvalue weighted by atomic mass is 9.98. The molecule has 0 saturated carbocycles. The fourth-order valence-corrected chi connectivity index (χ4v) is 3.92. The second-order valence-electron chi connectivity index (χ2n) is 7.36. The van der Waals surface area contributed by atoms with Gasteiger partial charge in [-0.15, -0.1) is 0 Å². The van der Waals surface area contributed by atoms with Crippen LogP contribution in [-0.4, -0.2) is 38.6 Å². The van der Waals surface area contributed by atoms with Crippen LogP contribution in [0.2, 0.25) is 5.02 Å². The van der Waals surface area contributed by atoms with Crippen molar-refractivity contribution < 1.29 is 14.3 Å². The largest absolute Gasteiger partial charge is 0.495 e. The summed E-state index contributed by atoms with van der Waals surface area (Å²) in [5.41, 5.74) is 4.20. The Morgan fingerprint density at radius 1 is 1.17 bits per heavy atom. The predicted octanol–water partition coefficient (Wildman–Crippen LogP) is 3.81. The normalized spacial score (nSPS) is 12.8. The van der Waals surface area contributed by atoms with Crippen LogP contribution in [0.5, 0.6) is 5.75 Å².